The molecular weight excluding hydrogens is 262 g/mol. The van der Waals surface area contributed by atoms with E-state index in [1.54, 1.807) is 6.92 Å². The zero-order valence-corrected chi connectivity index (χ0v) is 12.9. The van der Waals surface area contributed by atoms with Crippen LogP contribution in [0.1, 0.15) is 23.6 Å². The molecule has 0 saturated carbocycles. The van der Waals surface area contributed by atoms with E-state index in [2.05, 4.69) is 5.32 Å². The Bertz CT molecular complexity index is 649. The molecule has 3 heteroatoms. The number of ether oxygens (including phenoxy) is 1. The third-order valence-electron chi connectivity index (χ3n) is 3.32. The lowest BCUT2D eigenvalue weighted by Gasteiger charge is -2.16. The van der Waals surface area contributed by atoms with Crippen molar-refractivity contribution in [2.45, 2.75) is 33.8 Å². The summed E-state index contributed by atoms with van der Waals surface area (Å²) in [6, 6.07) is 13.7. The van der Waals surface area contributed by atoms with Gasteiger partial charge in [-0.25, -0.2) is 0 Å². The lowest BCUT2D eigenvalue weighted by molar-refractivity contribution is -0.122. The van der Waals surface area contributed by atoms with E-state index in [4.69, 9.17) is 4.74 Å². The van der Waals surface area contributed by atoms with Crippen LogP contribution in [0.15, 0.2) is 42.5 Å². The molecule has 0 radical (unpaired) electrons. The summed E-state index contributed by atoms with van der Waals surface area (Å²) < 4.78 is 5.69. The Morgan fingerprint density at radius 3 is 2.48 bits per heavy atom. The van der Waals surface area contributed by atoms with Gasteiger partial charge in [0.15, 0.2) is 6.10 Å². The summed E-state index contributed by atoms with van der Waals surface area (Å²) in [4.78, 5) is 12.2. The molecule has 1 amide bonds. The quantitative estimate of drug-likeness (QED) is 0.920. The van der Waals surface area contributed by atoms with E-state index in [0.717, 1.165) is 22.4 Å². The summed E-state index contributed by atoms with van der Waals surface area (Å²) in [6.07, 6.45) is -0.549. The molecule has 0 bridgehead atoms. The smallest absolute Gasteiger partial charge is 0.265 e. The molecule has 0 spiro atoms. The minimum Gasteiger partial charge on any atom is -0.481 e. The third kappa shape index (κ3) is 4.09. The molecule has 0 aliphatic rings. The van der Waals surface area contributed by atoms with Crippen LogP contribution in [0.3, 0.4) is 0 Å². The van der Waals surface area contributed by atoms with Crippen molar-refractivity contribution < 1.29 is 9.53 Å². The molecule has 0 fully saturated rings. The van der Waals surface area contributed by atoms with Gasteiger partial charge in [0.05, 0.1) is 0 Å². The predicted molar refractivity (Wildman–Crippen MR) is 85.8 cm³/mol. The van der Waals surface area contributed by atoms with Gasteiger partial charge in [-0.1, -0.05) is 24.3 Å². The van der Waals surface area contributed by atoms with Crippen LogP contribution < -0.4 is 10.1 Å². The Hall–Kier alpha value is -2.29. The van der Waals surface area contributed by atoms with Crippen LogP contribution in [0, 0.1) is 20.8 Å². The minimum absolute atomic E-state index is 0.148. The summed E-state index contributed by atoms with van der Waals surface area (Å²) in [7, 11) is 0. The maximum absolute atomic E-state index is 12.2. The second kappa shape index (κ2) is 6.44. The predicted octanol–water partition coefficient (Wildman–Crippen LogP) is 4.02. The zero-order valence-electron chi connectivity index (χ0n) is 12.9. The third-order valence-corrected chi connectivity index (χ3v) is 3.32. The van der Waals surface area contributed by atoms with E-state index in [0.29, 0.717) is 5.75 Å². The Morgan fingerprint density at radius 2 is 1.76 bits per heavy atom. The van der Waals surface area contributed by atoms with Gasteiger partial charge in [-0.05, 0) is 62.6 Å². The molecule has 1 atom stereocenters. The number of carbonyl (C=O) groups is 1. The second-order valence-electron chi connectivity index (χ2n) is 5.38. The molecule has 0 aromatic heterocycles. The average Bonchev–Trinajstić information content (AvgIpc) is 2.43. The highest BCUT2D eigenvalue weighted by atomic mass is 16.5. The molecule has 0 aliphatic carbocycles. The van der Waals surface area contributed by atoms with E-state index >= 15 is 0 Å². The maximum Gasteiger partial charge on any atom is 0.265 e. The first kappa shape index (κ1) is 15.1. The largest absolute Gasteiger partial charge is 0.481 e. The SMILES string of the molecule is Cc1cccc(OC(C)C(=O)Nc2cc(C)ccc2C)c1. The van der Waals surface area contributed by atoms with Crippen molar-refractivity contribution in [3.63, 3.8) is 0 Å². The number of hydrogen-bond acceptors (Lipinski definition) is 2. The zero-order chi connectivity index (χ0) is 15.4. The fraction of sp³-hybridized carbons (Fsp3) is 0.278. The average molecular weight is 283 g/mol. The van der Waals surface area contributed by atoms with Gasteiger partial charge >= 0.3 is 0 Å². The van der Waals surface area contributed by atoms with Gasteiger partial charge in [-0.3, -0.25) is 4.79 Å². The first-order valence-electron chi connectivity index (χ1n) is 7.07. The summed E-state index contributed by atoms with van der Waals surface area (Å²) in [5, 5.41) is 2.92. The van der Waals surface area contributed by atoms with Crippen LogP contribution in [0.2, 0.25) is 0 Å². The van der Waals surface area contributed by atoms with Crippen molar-refractivity contribution in [3.8, 4) is 5.75 Å². The number of rotatable bonds is 4. The fourth-order valence-electron chi connectivity index (χ4n) is 2.05. The summed E-state index contributed by atoms with van der Waals surface area (Å²) in [5.74, 6) is 0.559. The van der Waals surface area contributed by atoms with E-state index in [9.17, 15) is 4.79 Å². The topological polar surface area (TPSA) is 38.3 Å². The number of anilines is 1. The van der Waals surface area contributed by atoms with E-state index in [1.807, 2.05) is 63.2 Å². The second-order valence-corrected chi connectivity index (χ2v) is 5.38. The van der Waals surface area contributed by atoms with Crippen molar-refractivity contribution in [1.29, 1.82) is 0 Å². The normalized spacial score (nSPS) is 11.8. The van der Waals surface area contributed by atoms with Crippen molar-refractivity contribution in [2.24, 2.45) is 0 Å². The maximum atomic E-state index is 12.2. The van der Waals surface area contributed by atoms with Gasteiger partial charge in [0, 0.05) is 5.69 Å². The highest BCUT2D eigenvalue weighted by Crippen LogP contribution is 2.18. The van der Waals surface area contributed by atoms with Gasteiger partial charge in [-0.15, -0.1) is 0 Å². The van der Waals surface area contributed by atoms with E-state index in [1.165, 1.54) is 0 Å². The Kier molecular flexibility index (Phi) is 4.63. The number of nitrogens with one attached hydrogen (secondary N) is 1. The monoisotopic (exact) mass is 283 g/mol. The molecule has 3 nitrogen and oxygen atoms in total. The number of hydrogen-bond donors (Lipinski definition) is 1. The first-order chi connectivity index (χ1) is 9.95. The van der Waals surface area contributed by atoms with E-state index in [-0.39, 0.29) is 5.91 Å². The van der Waals surface area contributed by atoms with Crippen LogP contribution in [-0.2, 0) is 4.79 Å². The van der Waals surface area contributed by atoms with Crippen LogP contribution in [0.5, 0.6) is 5.75 Å². The van der Waals surface area contributed by atoms with Crippen molar-refractivity contribution in [2.75, 3.05) is 5.32 Å². The fourth-order valence-corrected chi connectivity index (χ4v) is 2.05. The number of carbonyl (C=O) groups excluding carboxylic acids is 1. The molecule has 2 aromatic rings. The highest BCUT2D eigenvalue weighted by molar-refractivity contribution is 5.94. The highest BCUT2D eigenvalue weighted by Gasteiger charge is 2.15. The Labute approximate surface area is 126 Å². The van der Waals surface area contributed by atoms with Crippen LogP contribution in [-0.4, -0.2) is 12.0 Å². The number of benzene rings is 2. The molecule has 2 rings (SSSR count). The molecular formula is C18H21NO2. The summed E-state index contributed by atoms with van der Waals surface area (Å²) in [6.45, 7) is 7.72. The van der Waals surface area contributed by atoms with E-state index < -0.39 is 6.10 Å². The van der Waals surface area contributed by atoms with Crippen LogP contribution in [0.4, 0.5) is 5.69 Å². The van der Waals surface area contributed by atoms with Gasteiger partial charge in [-0.2, -0.15) is 0 Å². The van der Waals surface area contributed by atoms with Gasteiger partial charge in [0.2, 0.25) is 0 Å². The standard InChI is InChI=1S/C18H21NO2/c1-12-6-5-7-16(10-12)21-15(4)18(20)19-17-11-13(2)8-9-14(17)3/h5-11,15H,1-4H3,(H,19,20). The Morgan fingerprint density at radius 1 is 1.05 bits per heavy atom. The van der Waals surface area contributed by atoms with Crippen LogP contribution >= 0.6 is 0 Å². The molecule has 1 N–H and O–H groups in total. The first-order valence-corrected chi connectivity index (χ1v) is 7.07. The molecule has 0 heterocycles. The number of amides is 1. The Balaban J connectivity index is 2.04. The molecule has 0 aliphatic heterocycles. The molecule has 1 unspecified atom stereocenters. The van der Waals surface area contributed by atoms with Crippen molar-refractivity contribution in [3.05, 3.63) is 59.2 Å². The lowest BCUT2D eigenvalue weighted by atomic mass is 10.1. The van der Waals surface area contributed by atoms with Gasteiger partial charge in [0.1, 0.15) is 5.75 Å². The molecule has 2 aromatic carbocycles. The van der Waals surface area contributed by atoms with Crippen molar-refractivity contribution in [1.82, 2.24) is 0 Å². The summed E-state index contributed by atoms with van der Waals surface area (Å²) in [5.41, 5.74) is 4.09. The van der Waals surface area contributed by atoms with Crippen LogP contribution in [0.25, 0.3) is 0 Å². The summed E-state index contributed by atoms with van der Waals surface area (Å²) >= 11 is 0. The minimum atomic E-state index is -0.549. The molecule has 110 valence electrons. The number of aryl methyl sites for hydroxylation is 3. The molecule has 21 heavy (non-hydrogen) atoms. The molecule has 0 saturated heterocycles. The van der Waals surface area contributed by atoms with Gasteiger partial charge in [0.25, 0.3) is 5.91 Å². The van der Waals surface area contributed by atoms with Gasteiger partial charge < -0.3 is 10.1 Å². The lowest BCUT2D eigenvalue weighted by Crippen LogP contribution is -2.30. The van der Waals surface area contributed by atoms with Crippen molar-refractivity contribution >= 4 is 11.6 Å².